The van der Waals surface area contributed by atoms with Crippen molar-refractivity contribution in [1.82, 2.24) is 19.5 Å². The molecule has 2 aromatic heterocycles. The summed E-state index contributed by atoms with van der Waals surface area (Å²) in [5.74, 6) is 1.94. The highest BCUT2D eigenvalue weighted by Crippen LogP contribution is 2.48. The average molecular weight is 811 g/mol. The van der Waals surface area contributed by atoms with Crippen molar-refractivity contribution in [3.05, 3.63) is 193 Å². The van der Waals surface area contributed by atoms with E-state index in [2.05, 4.69) is 214 Å². The zero-order valence-electron chi connectivity index (χ0n) is 36.0. The number of aromatic nitrogens is 4. The maximum Gasteiger partial charge on any atom is 0.164 e. The van der Waals surface area contributed by atoms with E-state index in [1.165, 1.54) is 62.1 Å². The van der Waals surface area contributed by atoms with Crippen LogP contribution in [-0.4, -0.2) is 19.5 Å². The molecular weight excluding hydrogens is 765 g/mol. The van der Waals surface area contributed by atoms with Crippen LogP contribution in [0.3, 0.4) is 0 Å². The molecule has 302 valence electrons. The Morgan fingerprint density at radius 2 is 0.889 bits per heavy atom. The van der Waals surface area contributed by atoms with Crippen molar-refractivity contribution in [3.8, 4) is 51.0 Å². The molecule has 0 radical (unpaired) electrons. The highest BCUT2D eigenvalue weighted by Gasteiger charge is 2.38. The Hall–Kier alpha value is -7.43. The lowest BCUT2D eigenvalue weighted by Crippen LogP contribution is -2.33. The first-order valence-electron chi connectivity index (χ1n) is 22.1. The molecule has 12 rings (SSSR count). The van der Waals surface area contributed by atoms with Crippen LogP contribution in [0.25, 0.3) is 105 Å². The second-order valence-corrected chi connectivity index (χ2v) is 18.7. The zero-order chi connectivity index (χ0) is 42.5. The van der Waals surface area contributed by atoms with Crippen LogP contribution in [0.5, 0.6) is 0 Å². The van der Waals surface area contributed by atoms with Crippen LogP contribution in [0.1, 0.15) is 51.7 Å². The van der Waals surface area contributed by atoms with Gasteiger partial charge in [0.25, 0.3) is 0 Å². The molecule has 0 fully saturated rings. The van der Waals surface area contributed by atoms with Crippen molar-refractivity contribution < 1.29 is 0 Å². The highest BCUT2D eigenvalue weighted by atomic mass is 15.0. The zero-order valence-corrected chi connectivity index (χ0v) is 36.0. The van der Waals surface area contributed by atoms with Crippen LogP contribution in [0, 0.1) is 0 Å². The van der Waals surface area contributed by atoms with Gasteiger partial charge in [-0.2, -0.15) is 0 Å². The molecule has 4 nitrogen and oxygen atoms in total. The lowest BCUT2D eigenvalue weighted by Gasteiger charge is -2.42. The molecule has 63 heavy (non-hydrogen) atoms. The minimum absolute atomic E-state index is 0.115. The molecular formula is C59H46N4. The number of para-hydroxylation sites is 1. The SMILES string of the molecule is CC1(C)CCC(C)(C)c2cc3c(cc21)c1ccccc1n3-c1ccc2cc(-c3nc(-c4ccc(-c5cccc6ccccc56)cc4)nc(-c4cccc5ccccc45)n3)ccc2c1. The fraction of sp³-hybridized carbons (Fsp3) is 0.136. The van der Waals surface area contributed by atoms with Crippen molar-refractivity contribution >= 4 is 54.1 Å². The maximum atomic E-state index is 5.21. The number of fused-ring (bicyclic) bond motifs is 7. The average Bonchev–Trinajstić information content (AvgIpc) is 3.65. The number of hydrogen-bond acceptors (Lipinski definition) is 3. The second kappa shape index (κ2) is 14.1. The van der Waals surface area contributed by atoms with Gasteiger partial charge in [0, 0.05) is 33.2 Å². The molecule has 1 aliphatic carbocycles. The lowest BCUT2D eigenvalue weighted by molar-refractivity contribution is 0.332. The fourth-order valence-electron chi connectivity index (χ4n) is 10.3. The van der Waals surface area contributed by atoms with Crippen LogP contribution in [0.15, 0.2) is 182 Å². The largest absolute Gasteiger partial charge is 0.309 e. The van der Waals surface area contributed by atoms with Crippen LogP contribution in [0.4, 0.5) is 0 Å². The van der Waals surface area contributed by atoms with Crippen LogP contribution in [0.2, 0.25) is 0 Å². The Bertz CT molecular complexity index is 3620. The van der Waals surface area contributed by atoms with E-state index in [4.69, 9.17) is 15.0 Å². The van der Waals surface area contributed by atoms with E-state index in [1.54, 1.807) is 0 Å². The summed E-state index contributed by atoms with van der Waals surface area (Å²) in [7, 11) is 0. The number of hydrogen-bond donors (Lipinski definition) is 0. The molecule has 2 heterocycles. The predicted octanol–water partition coefficient (Wildman–Crippen LogP) is 15.4. The van der Waals surface area contributed by atoms with E-state index in [0.29, 0.717) is 17.5 Å². The topological polar surface area (TPSA) is 43.6 Å². The van der Waals surface area contributed by atoms with Gasteiger partial charge in [-0.15, -0.1) is 0 Å². The molecule has 9 aromatic carbocycles. The quantitative estimate of drug-likeness (QED) is 0.174. The molecule has 0 spiro atoms. The minimum Gasteiger partial charge on any atom is -0.309 e. The molecule has 0 saturated carbocycles. The lowest BCUT2D eigenvalue weighted by atomic mass is 9.63. The molecule has 0 saturated heterocycles. The van der Waals surface area contributed by atoms with Gasteiger partial charge in [-0.25, -0.2) is 15.0 Å². The standard InChI is InChI=1S/C59H46N4/c1-58(2)31-32-59(3,4)52-36-54-50(35-51(52)58)48-19-9-10-22-53(48)63(54)44-30-29-41-33-43(28-27-42(41)34-44)56-60-55(61-57(62-56)49-21-12-16-38-14-6-8-18-47(38)49)40-25-23-39(24-26-40)46-20-11-15-37-13-5-7-17-45(37)46/h5-30,33-36H,31-32H2,1-4H3. The number of rotatable bonds is 5. The maximum absolute atomic E-state index is 5.21. The van der Waals surface area contributed by atoms with E-state index >= 15 is 0 Å². The molecule has 1 aliphatic rings. The van der Waals surface area contributed by atoms with Crippen molar-refractivity contribution in [3.63, 3.8) is 0 Å². The third-order valence-electron chi connectivity index (χ3n) is 13.9. The van der Waals surface area contributed by atoms with E-state index in [1.807, 2.05) is 0 Å². The molecule has 11 aromatic rings. The monoisotopic (exact) mass is 810 g/mol. The molecule has 0 amide bonds. The Labute approximate surface area is 367 Å². The Balaban J connectivity index is 0.980. The molecule has 4 heteroatoms. The smallest absolute Gasteiger partial charge is 0.164 e. The number of nitrogens with zero attached hydrogens (tertiary/aromatic N) is 4. The van der Waals surface area contributed by atoms with Gasteiger partial charge in [0.1, 0.15) is 0 Å². The first-order valence-corrected chi connectivity index (χ1v) is 22.1. The van der Waals surface area contributed by atoms with Gasteiger partial charge in [-0.3, -0.25) is 0 Å². The van der Waals surface area contributed by atoms with Gasteiger partial charge < -0.3 is 4.57 Å². The van der Waals surface area contributed by atoms with E-state index < -0.39 is 0 Å². The first-order chi connectivity index (χ1) is 30.7. The van der Waals surface area contributed by atoms with Crippen LogP contribution < -0.4 is 0 Å². The summed E-state index contributed by atoms with van der Waals surface area (Å²) in [6.07, 6.45) is 2.38. The molecule has 0 atom stereocenters. The van der Waals surface area contributed by atoms with Gasteiger partial charge in [0.15, 0.2) is 17.5 Å². The molecule has 0 unspecified atom stereocenters. The van der Waals surface area contributed by atoms with E-state index in [9.17, 15) is 0 Å². The van der Waals surface area contributed by atoms with Crippen LogP contribution in [-0.2, 0) is 10.8 Å². The summed E-state index contributed by atoms with van der Waals surface area (Å²) in [6.45, 7) is 9.65. The Morgan fingerprint density at radius 1 is 0.365 bits per heavy atom. The third-order valence-corrected chi connectivity index (χ3v) is 13.9. The summed E-state index contributed by atoms with van der Waals surface area (Å²) in [4.78, 5) is 15.6. The second-order valence-electron chi connectivity index (χ2n) is 18.7. The first kappa shape index (κ1) is 37.3. The van der Waals surface area contributed by atoms with Crippen molar-refractivity contribution in [2.75, 3.05) is 0 Å². The minimum atomic E-state index is 0.115. The van der Waals surface area contributed by atoms with Gasteiger partial charge in [0.05, 0.1) is 11.0 Å². The molecule has 0 aliphatic heterocycles. The summed E-state index contributed by atoms with van der Waals surface area (Å²) < 4.78 is 2.47. The van der Waals surface area contributed by atoms with E-state index in [0.717, 1.165) is 49.5 Å². The van der Waals surface area contributed by atoms with Crippen molar-refractivity contribution in [1.29, 1.82) is 0 Å². The summed E-state index contributed by atoms with van der Waals surface area (Å²) in [5.41, 5.74) is 12.1. The number of benzene rings is 9. The molecule has 0 bridgehead atoms. The Morgan fingerprint density at radius 3 is 1.62 bits per heavy atom. The van der Waals surface area contributed by atoms with Gasteiger partial charge in [-0.1, -0.05) is 173 Å². The van der Waals surface area contributed by atoms with Gasteiger partial charge in [-0.05, 0) is 115 Å². The molecule has 0 N–H and O–H groups in total. The normalized spacial score (nSPS) is 14.5. The van der Waals surface area contributed by atoms with Gasteiger partial charge in [0.2, 0.25) is 0 Å². The summed E-state index contributed by atoms with van der Waals surface area (Å²) in [5, 5.41) is 9.62. The predicted molar refractivity (Wildman–Crippen MR) is 264 cm³/mol. The van der Waals surface area contributed by atoms with Crippen molar-refractivity contribution in [2.24, 2.45) is 0 Å². The van der Waals surface area contributed by atoms with E-state index in [-0.39, 0.29) is 10.8 Å². The Kier molecular flexibility index (Phi) is 8.33. The third kappa shape index (κ3) is 6.15. The summed E-state index contributed by atoms with van der Waals surface area (Å²) in [6, 6.07) is 65.8. The van der Waals surface area contributed by atoms with Gasteiger partial charge >= 0.3 is 0 Å². The fourth-order valence-corrected chi connectivity index (χ4v) is 10.3. The summed E-state index contributed by atoms with van der Waals surface area (Å²) >= 11 is 0. The highest BCUT2D eigenvalue weighted by molar-refractivity contribution is 6.10. The van der Waals surface area contributed by atoms with Crippen molar-refractivity contribution in [2.45, 2.75) is 51.4 Å². The van der Waals surface area contributed by atoms with Crippen LogP contribution >= 0.6 is 0 Å².